The fourth-order valence-electron chi connectivity index (χ4n) is 1.83. The van der Waals surface area contributed by atoms with Crippen molar-refractivity contribution in [3.63, 3.8) is 0 Å². The van der Waals surface area contributed by atoms with Gasteiger partial charge in [-0.1, -0.05) is 32.4 Å². The number of carbonyl (C=O) groups is 1. The molecule has 0 aliphatic carbocycles. The van der Waals surface area contributed by atoms with Gasteiger partial charge in [-0.3, -0.25) is 9.36 Å². The summed E-state index contributed by atoms with van der Waals surface area (Å²) in [6.45, 7) is 3.56. The molecule has 0 amide bonds. The quantitative estimate of drug-likeness (QED) is 0.755. The van der Waals surface area contributed by atoms with Crippen LogP contribution in [0.25, 0.3) is 0 Å². The number of unbranched alkanes of at least 4 members (excludes halogenated alkanes) is 1. The Morgan fingerprint density at radius 1 is 1.32 bits per heavy atom. The number of rotatable bonds is 7. The predicted molar refractivity (Wildman–Crippen MR) is 76.2 cm³/mol. The molecule has 106 valence electrons. The van der Waals surface area contributed by atoms with E-state index in [1.54, 1.807) is 12.1 Å². The van der Waals surface area contributed by atoms with E-state index in [9.17, 15) is 14.3 Å². The first-order chi connectivity index (χ1) is 8.86. The Kier molecular flexibility index (Phi) is 5.77. The number of hydrogen-bond donors (Lipinski definition) is 2. The van der Waals surface area contributed by atoms with Crippen LogP contribution in [0, 0.1) is 5.92 Å². The van der Waals surface area contributed by atoms with Crippen molar-refractivity contribution < 1.29 is 19.4 Å². The fourth-order valence-corrected chi connectivity index (χ4v) is 3.56. The molecule has 0 heterocycles. The molecule has 0 bridgehead atoms. The zero-order valence-electron chi connectivity index (χ0n) is 11.4. The van der Waals surface area contributed by atoms with Crippen molar-refractivity contribution in [2.45, 2.75) is 33.1 Å². The van der Waals surface area contributed by atoms with Crippen molar-refractivity contribution in [3.05, 3.63) is 29.8 Å². The Balaban J connectivity index is 2.78. The summed E-state index contributed by atoms with van der Waals surface area (Å²) in [7, 11) is -3.58. The maximum absolute atomic E-state index is 12.1. The lowest BCUT2D eigenvalue weighted by atomic mass is 10.1. The van der Waals surface area contributed by atoms with E-state index >= 15 is 0 Å². The van der Waals surface area contributed by atoms with Crippen LogP contribution in [0.4, 0.5) is 0 Å². The van der Waals surface area contributed by atoms with Gasteiger partial charge in [0, 0.05) is 11.5 Å². The molecule has 0 radical (unpaired) electrons. The van der Waals surface area contributed by atoms with Gasteiger partial charge in [0.25, 0.3) is 0 Å². The molecule has 1 rings (SSSR count). The first-order valence-electron chi connectivity index (χ1n) is 6.51. The molecule has 2 unspecified atom stereocenters. The lowest BCUT2D eigenvalue weighted by molar-refractivity contribution is -0.140. The molecule has 0 aliphatic rings. The smallest absolute Gasteiger partial charge is 0.306 e. The summed E-state index contributed by atoms with van der Waals surface area (Å²) in [4.78, 5) is 20.7. The normalized spacial score (nSPS) is 15.7. The zero-order valence-corrected chi connectivity index (χ0v) is 12.3. The van der Waals surface area contributed by atoms with Crippen LogP contribution < -0.4 is 5.30 Å². The minimum absolute atomic E-state index is 0.226. The third-order valence-corrected chi connectivity index (χ3v) is 5.25. The van der Waals surface area contributed by atoms with Crippen molar-refractivity contribution in [1.82, 2.24) is 0 Å². The van der Waals surface area contributed by atoms with Gasteiger partial charge < -0.3 is 10.00 Å². The molecule has 0 aromatic heterocycles. The van der Waals surface area contributed by atoms with Crippen LogP contribution in [0.15, 0.2) is 24.3 Å². The van der Waals surface area contributed by atoms with Gasteiger partial charge >= 0.3 is 5.97 Å². The largest absolute Gasteiger partial charge is 0.481 e. The highest BCUT2D eigenvalue weighted by Gasteiger charge is 2.27. The van der Waals surface area contributed by atoms with E-state index in [-0.39, 0.29) is 6.16 Å². The second kappa shape index (κ2) is 6.88. The molecule has 0 aliphatic heterocycles. The van der Waals surface area contributed by atoms with Crippen LogP contribution in [0.1, 0.15) is 32.3 Å². The summed E-state index contributed by atoms with van der Waals surface area (Å²) in [6.07, 6.45) is 2.93. The van der Waals surface area contributed by atoms with Gasteiger partial charge in [-0.2, -0.15) is 0 Å². The molecule has 0 saturated carbocycles. The van der Waals surface area contributed by atoms with E-state index in [0.717, 1.165) is 24.8 Å². The number of aliphatic carboxylic acids is 1. The van der Waals surface area contributed by atoms with E-state index in [0.29, 0.717) is 5.30 Å². The van der Waals surface area contributed by atoms with Crippen molar-refractivity contribution in [1.29, 1.82) is 0 Å². The van der Waals surface area contributed by atoms with Crippen molar-refractivity contribution in [2.24, 2.45) is 5.92 Å². The maximum atomic E-state index is 12.1. The second-order valence-electron chi connectivity index (χ2n) is 4.89. The highest BCUT2D eigenvalue weighted by molar-refractivity contribution is 7.66. The van der Waals surface area contributed by atoms with Crippen molar-refractivity contribution >= 4 is 18.6 Å². The first-order valence-corrected chi connectivity index (χ1v) is 8.35. The highest BCUT2D eigenvalue weighted by atomic mass is 31.2. The van der Waals surface area contributed by atoms with E-state index < -0.39 is 19.3 Å². The summed E-state index contributed by atoms with van der Waals surface area (Å²) in [5.41, 5.74) is 1.14. The molecule has 5 heteroatoms. The Morgan fingerprint density at radius 3 is 2.37 bits per heavy atom. The lowest BCUT2D eigenvalue weighted by Gasteiger charge is -2.14. The van der Waals surface area contributed by atoms with E-state index in [1.165, 1.54) is 6.92 Å². The molecule has 2 atom stereocenters. The predicted octanol–water partition coefficient (Wildman–Crippen LogP) is 2.65. The Hall–Kier alpha value is -1.12. The van der Waals surface area contributed by atoms with Crippen LogP contribution in [-0.4, -0.2) is 22.1 Å². The average molecular weight is 284 g/mol. The Labute approximate surface area is 113 Å². The lowest BCUT2D eigenvalue weighted by Crippen LogP contribution is -2.18. The van der Waals surface area contributed by atoms with Crippen LogP contribution in [-0.2, 0) is 15.8 Å². The monoisotopic (exact) mass is 284 g/mol. The first kappa shape index (κ1) is 15.9. The topological polar surface area (TPSA) is 74.6 Å². The number of carboxylic acids is 1. The third-order valence-electron chi connectivity index (χ3n) is 3.10. The van der Waals surface area contributed by atoms with Gasteiger partial charge in [0.1, 0.15) is 0 Å². The zero-order chi connectivity index (χ0) is 14.5. The van der Waals surface area contributed by atoms with Crippen LogP contribution in [0.5, 0.6) is 0 Å². The number of hydrogen-bond acceptors (Lipinski definition) is 2. The minimum atomic E-state index is -3.58. The third kappa shape index (κ3) is 4.81. The van der Waals surface area contributed by atoms with Gasteiger partial charge in [-0.05, 0) is 30.5 Å². The van der Waals surface area contributed by atoms with Crippen LogP contribution >= 0.6 is 7.37 Å². The maximum Gasteiger partial charge on any atom is 0.306 e. The van der Waals surface area contributed by atoms with Crippen LogP contribution in [0.2, 0.25) is 0 Å². The summed E-state index contributed by atoms with van der Waals surface area (Å²) in [5.74, 6) is -1.87. The van der Waals surface area contributed by atoms with Gasteiger partial charge in [0.15, 0.2) is 0 Å². The molecule has 1 aromatic rings. The number of aryl methyl sites for hydroxylation is 1. The summed E-state index contributed by atoms with van der Waals surface area (Å²) in [6, 6.07) is 6.97. The SMILES string of the molecule is CCCCc1ccc(P(=O)(O)CC(C)C(=O)O)cc1. The van der Waals surface area contributed by atoms with Gasteiger partial charge in [0.2, 0.25) is 7.37 Å². The molecule has 0 fully saturated rings. The standard InChI is InChI=1S/C14H21O4P/c1-3-4-5-12-6-8-13(9-7-12)19(17,18)10-11(2)14(15)16/h6-9,11H,3-5,10H2,1-2H3,(H,15,16)(H,17,18). The highest BCUT2D eigenvalue weighted by Crippen LogP contribution is 2.41. The molecule has 2 N–H and O–H groups in total. The van der Waals surface area contributed by atoms with E-state index in [1.807, 2.05) is 12.1 Å². The summed E-state index contributed by atoms with van der Waals surface area (Å²) >= 11 is 0. The fraction of sp³-hybridized carbons (Fsp3) is 0.500. The molecule has 4 nitrogen and oxygen atoms in total. The van der Waals surface area contributed by atoms with Gasteiger partial charge in [-0.25, -0.2) is 0 Å². The van der Waals surface area contributed by atoms with Gasteiger partial charge in [-0.15, -0.1) is 0 Å². The summed E-state index contributed by atoms with van der Waals surface area (Å²) in [5, 5.41) is 9.14. The minimum Gasteiger partial charge on any atom is -0.481 e. The Bertz CT molecular complexity index is 467. The summed E-state index contributed by atoms with van der Waals surface area (Å²) < 4.78 is 12.1. The van der Waals surface area contributed by atoms with Crippen molar-refractivity contribution in [2.75, 3.05) is 6.16 Å². The molecule has 19 heavy (non-hydrogen) atoms. The number of benzene rings is 1. The van der Waals surface area contributed by atoms with Gasteiger partial charge in [0.05, 0.1) is 5.92 Å². The molecule has 1 aromatic carbocycles. The van der Waals surface area contributed by atoms with Crippen LogP contribution in [0.3, 0.4) is 0 Å². The van der Waals surface area contributed by atoms with E-state index in [4.69, 9.17) is 5.11 Å². The molecule has 0 saturated heterocycles. The Morgan fingerprint density at radius 2 is 1.89 bits per heavy atom. The molecule has 0 spiro atoms. The van der Waals surface area contributed by atoms with Crippen molar-refractivity contribution in [3.8, 4) is 0 Å². The molecular formula is C14H21O4P. The average Bonchev–Trinajstić information content (AvgIpc) is 2.36. The number of carboxylic acid groups (broad SMARTS) is 1. The molecular weight excluding hydrogens is 263 g/mol. The van der Waals surface area contributed by atoms with E-state index in [2.05, 4.69) is 6.92 Å². The second-order valence-corrected chi connectivity index (χ2v) is 7.18.